The zero-order valence-corrected chi connectivity index (χ0v) is 16.0. The van der Waals surface area contributed by atoms with E-state index in [-0.39, 0.29) is 0 Å². The first-order valence-electron chi connectivity index (χ1n) is 9.55. The third-order valence-electron chi connectivity index (χ3n) is 5.29. The maximum atomic E-state index is 5.33. The van der Waals surface area contributed by atoms with Crippen molar-refractivity contribution in [1.82, 2.24) is 19.7 Å². The highest BCUT2D eigenvalue weighted by molar-refractivity contribution is 5.61. The monoisotopic (exact) mass is 362 g/mol. The van der Waals surface area contributed by atoms with Crippen LogP contribution in [0.25, 0.3) is 11.3 Å². The van der Waals surface area contributed by atoms with Gasteiger partial charge in [0, 0.05) is 43.2 Å². The molecule has 27 heavy (non-hydrogen) atoms. The first-order chi connectivity index (χ1) is 13.2. The summed E-state index contributed by atoms with van der Waals surface area (Å²) in [4.78, 5) is 7.30. The van der Waals surface area contributed by atoms with Crippen molar-refractivity contribution in [2.24, 2.45) is 7.05 Å². The minimum Gasteiger partial charge on any atom is -0.497 e. The maximum Gasteiger partial charge on any atom is 0.119 e. The molecule has 5 nitrogen and oxygen atoms in total. The number of methoxy groups -OCH3 is 1. The van der Waals surface area contributed by atoms with Crippen molar-refractivity contribution < 1.29 is 4.74 Å². The van der Waals surface area contributed by atoms with Gasteiger partial charge in [-0.25, -0.2) is 0 Å². The van der Waals surface area contributed by atoms with Crippen LogP contribution >= 0.6 is 0 Å². The SMILES string of the molecule is COc1cccc(-c2ccc(C3CCCCN3Cc3cnn(C)c3)cn2)c1. The number of aryl methyl sites for hydroxylation is 1. The molecule has 1 aliphatic heterocycles. The fourth-order valence-corrected chi connectivity index (χ4v) is 3.90. The van der Waals surface area contributed by atoms with Gasteiger partial charge >= 0.3 is 0 Å². The van der Waals surface area contributed by atoms with Crippen molar-refractivity contribution >= 4 is 0 Å². The minimum absolute atomic E-state index is 0.422. The number of rotatable bonds is 5. The molecule has 3 heterocycles. The number of nitrogens with zero attached hydrogens (tertiary/aromatic N) is 4. The smallest absolute Gasteiger partial charge is 0.119 e. The Hall–Kier alpha value is -2.66. The Kier molecular flexibility index (Phi) is 5.21. The molecule has 1 saturated heterocycles. The lowest BCUT2D eigenvalue weighted by Gasteiger charge is -2.35. The Morgan fingerprint density at radius 1 is 1.15 bits per heavy atom. The second-order valence-electron chi connectivity index (χ2n) is 7.21. The molecule has 2 aromatic heterocycles. The quantitative estimate of drug-likeness (QED) is 0.682. The summed E-state index contributed by atoms with van der Waals surface area (Å²) >= 11 is 0. The molecule has 1 atom stereocenters. The molecule has 0 amide bonds. The second-order valence-corrected chi connectivity index (χ2v) is 7.21. The Morgan fingerprint density at radius 3 is 2.81 bits per heavy atom. The first-order valence-corrected chi connectivity index (χ1v) is 9.55. The van der Waals surface area contributed by atoms with E-state index in [9.17, 15) is 0 Å². The molecule has 1 fully saturated rings. The second kappa shape index (κ2) is 7.92. The molecule has 0 N–H and O–H groups in total. The molecule has 3 aromatic rings. The van der Waals surface area contributed by atoms with E-state index in [1.807, 2.05) is 42.3 Å². The van der Waals surface area contributed by atoms with Crippen LogP contribution in [0.2, 0.25) is 0 Å². The first kappa shape index (κ1) is 17.7. The van der Waals surface area contributed by atoms with Gasteiger partial charge in [0.2, 0.25) is 0 Å². The normalized spacial score (nSPS) is 17.8. The maximum absolute atomic E-state index is 5.33. The van der Waals surface area contributed by atoms with Crippen LogP contribution in [0.1, 0.15) is 36.4 Å². The molecule has 1 aromatic carbocycles. The number of ether oxygens (including phenoxy) is 1. The van der Waals surface area contributed by atoms with Crippen LogP contribution in [0.4, 0.5) is 0 Å². The number of benzene rings is 1. The van der Waals surface area contributed by atoms with Gasteiger partial charge in [-0.3, -0.25) is 14.6 Å². The van der Waals surface area contributed by atoms with Crippen LogP contribution in [-0.2, 0) is 13.6 Å². The van der Waals surface area contributed by atoms with Crippen LogP contribution in [-0.4, -0.2) is 33.3 Å². The predicted octanol–water partition coefficient (Wildman–Crippen LogP) is 4.22. The molecule has 4 rings (SSSR count). The highest BCUT2D eigenvalue weighted by Crippen LogP contribution is 2.32. The molecule has 1 aliphatic rings. The predicted molar refractivity (Wildman–Crippen MR) is 106 cm³/mol. The number of hydrogen-bond donors (Lipinski definition) is 0. The van der Waals surface area contributed by atoms with E-state index in [0.29, 0.717) is 6.04 Å². The molecule has 0 saturated carbocycles. The third-order valence-corrected chi connectivity index (χ3v) is 5.29. The lowest BCUT2D eigenvalue weighted by Crippen LogP contribution is -2.32. The molecule has 0 aliphatic carbocycles. The van der Waals surface area contributed by atoms with E-state index in [1.54, 1.807) is 7.11 Å². The summed E-state index contributed by atoms with van der Waals surface area (Å²) < 4.78 is 7.20. The van der Waals surface area contributed by atoms with Crippen molar-refractivity contribution in [2.45, 2.75) is 31.8 Å². The average molecular weight is 362 g/mol. The van der Waals surface area contributed by atoms with Gasteiger partial charge in [0.15, 0.2) is 0 Å². The molecule has 1 unspecified atom stereocenters. The van der Waals surface area contributed by atoms with Gasteiger partial charge < -0.3 is 4.74 Å². The molecule has 0 bridgehead atoms. The number of hydrogen-bond acceptors (Lipinski definition) is 4. The van der Waals surface area contributed by atoms with Gasteiger partial charge in [0.1, 0.15) is 5.75 Å². The summed E-state index contributed by atoms with van der Waals surface area (Å²) in [7, 11) is 3.66. The summed E-state index contributed by atoms with van der Waals surface area (Å²) in [6.07, 6.45) is 9.82. The van der Waals surface area contributed by atoms with Crippen LogP contribution in [0, 0.1) is 0 Å². The molecular weight excluding hydrogens is 336 g/mol. The molecule has 0 spiro atoms. The van der Waals surface area contributed by atoms with E-state index < -0.39 is 0 Å². The topological polar surface area (TPSA) is 43.2 Å². The Balaban J connectivity index is 1.53. The Labute approximate surface area is 160 Å². The molecule has 0 radical (unpaired) electrons. The van der Waals surface area contributed by atoms with Crippen molar-refractivity contribution in [2.75, 3.05) is 13.7 Å². The van der Waals surface area contributed by atoms with Crippen molar-refractivity contribution in [1.29, 1.82) is 0 Å². The lowest BCUT2D eigenvalue weighted by atomic mass is 9.95. The van der Waals surface area contributed by atoms with E-state index >= 15 is 0 Å². The minimum atomic E-state index is 0.422. The molecular formula is C22H26N4O. The van der Waals surface area contributed by atoms with Crippen LogP contribution < -0.4 is 4.74 Å². The van der Waals surface area contributed by atoms with Crippen molar-refractivity contribution in [3.63, 3.8) is 0 Å². The highest BCUT2D eigenvalue weighted by atomic mass is 16.5. The molecule has 5 heteroatoms. The average Bonchev–Trinajstić information content (AvgIpc) is 3.13. The fraction of sp³-hybridized carbons (Fsp3) is 0.364. The Bertz CT molecular complexity index is 887. The van der Waals surface area contributed by atoms with E-state index in [0.717, 1.165) is 30.1 Å². The van der Waals surface area contributed by atoms with Crippen molar-refractivity contribution in [3.8, 4) is 17.0 Å². The van der Waals surface area contributed by atoms with Crippen LogP contribution in [0.15, 0.2) is 55.0 Å². The van der Waals surface area contributed by atoms with Gasteiger partial charge in [-0.15, -0.1) is 0 Å². The fourth-order valence-electron chi connectivity index (χ4n) is 3.90. The number of pyridine rings is 1. The molecule has 140 valence electrons. The van der Waals surface area contributed by atoms with Crippen LogP contribution in [0.5, 0.6) is 5.75 Å². The van der Waals surface area contributed by atoms with Gasteiger partial charge in [-0.2, -0.15) is 5.10 Å². The third kappa shape index (κ3) is 4.03. The zero-order valence-electron chi connectivity index (χ0n) is 16.0. The van der Waals surface area contributed by atoms with Gasteiger partial charge in [-0.1, -0.05) is 24.6 Å². The van der Waals surface area contributed by atoms with Gasteiger partial charge in [0.05, 0.1) is 19.0 Å². The standard InChI is InChI=1S/C22H26N4O/c1-25-15-17(13-24-25)16-26-11-4-3-8-22(26)19-9-10-21(23-14-19)18-6-5-7-20(12-18)27-2/h5-7,9-10,12-15,22H,3-4,8,11,16H2,1-2H3. The zero-order chi connectivity index (χ0) is 18.6. The van der Waals surface area contributed by atoms with Crippen molar-refractivity contribution in [3.05, 3.63) is 66.1 Å². The summed E-state index contributed by atoms with van der Waals surface area (Å²) in [5, 5.41) is 4.31. The number of piperidine rings is 1. The summed E-state index contributed by atoms with van der Waals surface area (Å²) in [6.45, 7) is 2.06. The largest absolute Gasteiger partial charge is 0.497 e. The van der Waals surface area contributed by atoms with E-state index in [2.05, 4.69) is 34.4 Å². The number of likely N-dealkylation sites (tertiary alicyclic amines) is 1. The summed E-state index contributed by atoms with van der Waals surface area (Å²) in [5.74, 6) is 0.855. The highest BCUT2D eigenvalue weighted by Gasteiger charge is 2.24. The van der Waals surface area contributed by atoms with E-state index in [4.69, 9.17) is 9.72 Å². The summed E-state index contributed by atoms with van der Waals surface area (Å²) in [5.41, 5.74) is 4.62. The van der Waals surface area contributed by atoms with Gasteiger partial charge in [-0.05, 0) is 43.1 Å². The van der Waals surface area contributed by atoms with E-state index in [1.165, 1.54) is 30.4 Å². The summed E-state index contributed by atoms with van der Waals surface area (Å²) in [6, 6.07) is 12.8. The number of aromatic nitrogens is 3. The van der Waals surface area contributed by atoms with Gasteiger partial charge in [0.25, 0.3) is 0 Å². The van der Waals surface area contributed by atoms with Crippen LogP contribution in [0.3, 0.4) is 0 Å². The lowest BCUT2D eigenvalue weighted by molar-refractivity contribution is 0.140. The Morgan fingerprint density at radius 2 is 2.07 bits per heavy atom.